The Morgan fingerprint density at radius 2 is 1.95 bits per heavy atom. The summed E-state index contributed by atoms with van der Waals surface area (Å²) in [6.45, 7) is 0.404. The van der Waals surface area contributed by atoms with Gasteiger partial charge in [0.25, 0.3) is 5.91 Å². The first-order chi connectivity index (χ1) is 8.79. The molecule has 1 heterocycles. The van der Waals surface area contributed by atoms with Crippen molar-refractivity contribution in [2.75, 3.05) is 0 Å². The molecule has 0 unspecified atom stereocenters. The zero-order chi connectivity index (χ0) is 12.8. The molecule has 1 aliphatic rings. The second kappa shape index (κ2) is 8.51. The molecule has 2 rings (SSSR count). The minimum atomic E-state index is -0.0449. The number of nitrogens with one attached hydrogen (secondary N) is 1. The van der Waals surface area contributed by atoms with Crippen LogP contribution in [-0.4, -0.2) is 16.9 Å². The van der Waals surface area contributed by atoms with Gasteiger partial charge in [-0.2, -0.15) is 0 Å². The van der Waals surface area contributed by atoms with Gasteiger partial charge in [-0.05, 0) is 12.8 Å². The second-order valence-corrected chi connectivity index (χ2v) is 5.79. The fraction of sp³-hybridized carbons (Fsp3) is 0.692. The maximum absolute atomic E-state index is 12.0. The van der Waals surface area contributed by atoms with Crippen molar-refractivity contribution in [1.29, 1.82) is 0 Å². The van der Waals surface area contributed by atoms with E-state index in [0.29, 0.717) is 18.3 Å². The normalized spacial score (nSPS) is 17.1. The molecule has 1 saturated carbocycles. The number of halogens is 1. The zero-order valence-corrected chi connectivity index (χ0v) is 12.7. The Hall–Kier alpha value is -0.650. The lowest BCUT2D eigenvalue weighted by Crippen LogP contribution is -2.35. The summed E-state index contributed by atoms with van der Waals surface area (Å²) < 4.78 is 0. The number of hydrogen-bond acceptors (Lipinski definition) is 4. The van der Waals surface area contributed by atoms with Gasteiger partial charge in [-0.3, -0.25) is 4.79 Å². The van der Waals surface area contributed by atoms with Gasteiger partial charge in [0.1, 0.15) is 10.7 Å². The summed E-state index contributed by atoms with van der Waals surface area (Å²) in [4.78, 5) is 16.3. The van der Waals surface area contributed by atoms with Gasteiger partial charge in [0.05, 0.1) is 0 Å². The van der Waals surface area contributed by atoms with E-state index in [1.807, 2.05) is 0 Å². The summed E-state index contributed by atoms with van der Waals surface area (Å²) in [5.41, 5.74) is 6.02. The van der Waals surface area contributed by atoms with Crippen LogP contribution in [0.3, 0.4) is 0 Å². The summed E-state index contributed by atoms with van der Waals surface area (Å²) in [6.07, 6.45) is 8.55. The van der Waals surface area contributed by atoms with Crippen LogP contribution >= 0.6 is 23.7 Å². The molecule has 0 aromatic carbocycles. The Balaban J connectivity index is 0.00000180. The largest absolute Gasteiger partial charge is 0.348 e. The van der Waals surface area contributed by atoms with Crippen LogP contribution in [0.25, 0.3) is 0 Å². The third-order valence-corrected chi connectivity index (χ3v) is 4.27. The Bertz CT molecular complexity index is 389. The third-order valence-electron chi connectivity index (χ3n) is 3.40. The topological polar surface area (TPSA) is 68.0 Å². The smallest absolute Gasteiger partial charge is 0.270 e. The average molecular weight is 304 g/mol. The van der Waals surface area contributed by atoms with E-state index in [9.17, 15) is 4.79 Å². The van der Waals surface area contributed by atoms with Crippen molar-refractivity contribution in [1.82, 2.24) is 10.3 Å². The molecule has 0 radical (unpaired) electrons. The van der Waals surface area contributed by atoms with Crippen molar-refractivity contribution in [3.05, 3.63) is 16.1 Å². The number of nitrogens with zero attached hydrogens (tertiary/aromatic N) is 1. The molecule has 0 spiro atoms. The maximum Gasteiger partial charge on any atom is 0.270 e. The molecule has 1 aromatic heterocycles. The van der Waals surface area contributed by atoms with Gasteiger partial charge in [-0.15, -0.1) is 23.7 Å². The second-order valence-electron chi connectivity index (χ2n) is 4.85. The van der Waals surface area contributed by atoms with Crippen molar-refractivity contribution in [3.63, 3.8) is 0 Å². The summed E-state index contributed by atoms with van der Waals surface area (Å²) in [7, 11) is 0. The Morgan fingerprint density at radius 1 is 1.32 bits per heavy atom. The molecular weight excluding hydrogens is 282 g/mol. The van der Waals surface area contributed by atoms with E-state index in [0.717, 1.165) is 17.8 Å². The van der Waals surface area contributed by atoms with Crippen LogP contribution in [0, 0.1) is 0 Å². The van der Waals surface area contributed by atoms with Crippen molar-refractivity contribution in [2.24, 2.45) is 5.73 Å². The molecule has 0 bridgehead atoms. The highest BCUT2D eigenvalue weighted by Gasteiger charge is 2.16. The van der Waals surface area contributed by atoms with E-state index in [1.165, 1.54) is 43.4 Å². The third kappa shape index (κ3) is 5.09. The van der Waals surface area contributed by atoms with Gasteiger partial charge in [-0.25, -0.2) is 4.98 Å². The van der Waals surface area contributed by atoms with Gasteiger partial charge < -0.3 is 11.1 Å². The van der Waals surface area contributed by atoms with Gasteiger partial charge in [0.2, 0.25) is 0 Å². The molecule has 6 heteroatoms. The number of thiazole rings is 1. The molecule has 4 nitrogen and oxygen atoms in total. The fourth-order valence-corrected chi connectivity index (χ4v) is 3.02. The highest BCUT2D eigenvalue weighted by Crippen LogP contribution is 2.17. The Labute approximate surface area is 124 Å². The lowest BCUT2D eigenvalue weighted by atomic mass is 9.97. The Kier molecular flexibility index (Phi) is 7.34. The van der Waals surface area contributed by atoms with E-state index < -0.39 is 0 Å². The number of carbonyl (C=O) groups is 1. The highest BCUT2D eigenvalue weighted by atomic mass is 35.5. The number of amides is 1. The maximum atomic E-state index is 12.0. The first-order valence-electron chi connectivity index (χ1n) is 6.75. The molecule has 19 heavy (non-hydrogen) atoms. The van der Waals surface area contributed by atoms with Gasteiger partial charge in [-0.1, -0.05) is 32.1 Å². The molecule has 1 aliphatic carbocycles. The zero-order valence-electron chi connectivity index (χ0n) is 11.1. The average Bonchev–Trinajstić information content (AvgIpc) is 2.81. The summed E-state index contributed by atoms with van der Waals surface area (Å²) >= 11 is 1.45. The first-order valence-corrected chi connectivity index (χ1v) is 7.63. The van der Waals surface area contributed by atoms with Crippen LogP contribution in [0.4, 0.5) is 0 Å². The number of aromatic nitrogens is 1. The molecule has 108 valence electrons. The lowest BCUT2D eigenvalue weighted by Gasteiger charge is -2.20. The van der Waals surface area contributed by atoms with Crippen molar-refractivity contribution < 1.29 is 4.79 Å². The predicted molar refractivity (Wildman–Crippen MR) is 80.8 cm³/mol. The van der Waals surface area contributed by atoms with E-state index >= 15 is 0 Å². The molecule has 0 atom stereocenters. The SMILES string of the molecule is Cl.NCc1nc(C(=O)NC2CCCCCCC2)cs1. The van der Waals surface area contributed by atoms with E-state index in [4.69, 9.17) is 5.73 Å². The van der Waals surface area contributed by atoms with Gasteiger partial charge in [0, 0.05) is 18.0 Å². The minimum absolute atomic E-state index is 0. The molecular formula is C13H22ClN3OS. The first kappa shape index (κ1) is 16.4. The Morgan fingerprint density at radius 3 is 2.53 bits per heavy atom. The number of nitrogens with two attached hydrogens (primary N) is 1. The van der Waals surface area contributed by atoms with Crippen LogP contribution in [0.5, 0.6) is 0 Å². The predicted octanol–water partition coefficient (Wildman–Crippen LogP) is 2.87. The summed E-state index contributed by atoms with van der Waals surface area (Å²) in [5.74, 6) is -0.0449. The molecule has 0 saturated heterocycles. The van der Waals surface area contributed by atoms with Crippen LogP contribution < -0.4 is 11.1 Å². The van der Waals surface area contributed by atoms with Crippen LogP contribution in [0.1, 0.15) is 60.4 Å². The van der Waals surface area contributed by atoms with Crippen LogP contribution in [0.2, 0.25) is 0 Å². The molecule has 0 aliphatic heterocycles. The molecule has 1 fully saturated rings. The minimum Gasteiger partial charge on any atom is -0.348 e. The number of carbonyl (C=O) groups excluding carboxylic acids is 1. The summed E-state index contributed by atoms with van der Waals surface area (Å²) in [6, 6.07) is 0.320. The quantitative estimate of drug-likeness (QED) is 0.902. The molecule has 1 aromatic rings. The van der Waals surface area contributed by atoms with Crippen LogP contribution in [-0.2, 0) is 6.54 Å². The number of hydrogen-bond donors (Lipinski definition) is 2. The number of rotatable bonds is 3. The fourth-order valence-electron chi connectivity index (χ4n) is 2.37. The lowest BCUT2D eigenvalue weighted by molar-refractivity contribution is 0.0926. The van der Waals surface area contributed by atoms with E-state index in [-0.39, 0.29) is 18.3 Å². The van der Waals surface area contributed by atoms with Crippen LogP contribution in [0.15, 0.2) is 5.38 Å². The van der Waals surface area contributed by atoms with E-state index in [1.54, 1.807) is 5.38 Å². The molecule has 3 N–H and O–H groups in total. The van der Waals surface area contributed by atoms with Crippen molar-refractivity contribution >= 4 is 29.7 Å². The highest BCUT2D eigenvalue weighted by molar-refractivity contribution is 7.09. The monoisotopic (exact) mass is 303 g/mol. The van der Waals surface area contributed by atoms with E-state index in [2.05, 4.69) is 10.3 Å². The molecule has 1 amide bonds. The van der Waals surface area contributed by atoms with Gasteiger partial charge >= 0.3 is 0 Å². The van der Waals surface area contributed by atoms with Gasteiger partial charge in [0.15, 0.2) is 0 Å². The summed E-state index contributed by atoms with van der Waals surface area (Å²) in [5, 5.41) is 5.71. The van der Waals surface area contributed by atoms with Crippen molar-refractivity contribution in [2.45, 2.75) is 57.5 Å². The standard InChI is InChI=1S/C13H21N3OS.ClH/c14-8-12-16-11(9-18-12)13(17)15-10-6-4-2-1-3-5-7-10;/h9-10H,1-8,14H2,(H,15,17);1H. The van der Waals surface area contributed by atoms with Crippen molar-refractivity contribution in [3.8, 4) is 0 Å².